The van der Waals surface area contributed by atoms with Gasteiger partial charge in [0.05, 0.1) is 0 Å². The largest absolute Gasteiger partial charge is 0.301 e. The Morgan fingerprint density at radius 1 is 1.60 bits per heavy atom. The van der Waals surface area contributed by atoms with Crippen molar-refractivity contribution in [2.45, 2.75) is 25.0 Å². The van der Waals surface area contributed by atoms with Crippen LogP contribution in [0.4, 0.5) is 0 Å². The molecule has 0 aromatic carbocycles. The van der Waals surface area contributed by atoms with Gasteiger partial charge in [-0.1, -0.05) is 18.7 Å². The summed E-state index contributed by atoms with van der Waals surface area (Å²) in [4.78, 5) is 18.5. The molecule has 2 heterocycles. The van der Waals surface area contributed by atoms with E-state index in [-0.39, 0.29) is 5.56 Å². The maximum absolute atomic E-state index is 11.6. The molecule has 2 aromatic heterocycles. The van der Waals surface area contributed by atoms with Crippen molar-refractivity contribution in [3.8, 4) is 0 Å². The Morgan fingerprint density at radius 3 is 3.07 bits per heavy atom. The minimum absolute atomic E-state index is 0.119. The molecule has 0 aliphatic carbocycles. The lowest BCUT2D eigenvalue weighted by Gasteiger charge is -1.93. The van der Waals surface area contributed by atoms with Crippen LogP contribution < -0.4 is 5.56 Å². The lowest BCUT2D eigenvalue weighted by molar-refractivity contribution is 0.607. The molecule has 1 N–H and O–H groups in total. The van der Waals surface area contributed by atoms with Gasteiger partial charge in [-0.15, -0.1) is 0 Å². The summed E-state index contributed by atoms with van der Waals surface area (Å²) < 4.78 is 1.76. The molecule has 0 aliphatic heterocycles. The van der Waals surface area contributed by atoms with Crippen LogP contribution >= 0.6 is 11.8 Å². The van der Waals surface area contributed by atoms with Crippen molar-refractivity contribution in [2.75, 3.05) is 6.26 Å². The van der Waals surface area contributed by atoms with Crippen LogP contribution in [0.1, 0.15) is 13.3 Å². The Balaban J connectivity index is 2.59. The number of aromatic nitrogens is 4. The van der Waals surface area contributed by atoms with Crippen molar-refractivity contribution in [3.63, 3.8) is 0 Å². The maximum atomic E-state index is 11.6. The highest BCUT2D eigenvalue weighted by Gasteiger charge is 2.07. The van der Waals surface area contributed by atoms with E-state index in [2.05, 4.69) is 22.0 Å². The first-order chi connectivity index (χ1) is 7.24. The molecule has 5 nitrogen and oxygen atoms in total. The Bertz CT molecular complexity index is 530. The number of nitrogens with zero attached hydrogens (tertiary/aromatic N) is 3. The standard InChI is InChI=1S/C9H12N4OS/c1-3-4-13-5-6-7(12-13)10-9(15-2)11-8(6)14/h5H,3-4H2,1-2H3,(H,10,11,12,14). The smallest absolute Gasteiger partial charge is 0.262 e. The summed E-state index contributed by atoms with van der Waals surface area (Å²) >= 11 is 1.40. The van der Waals surface area contributed by atoms with Crippen LogP contribution in [0, 0.1) is 0 Å². The Hall–Kier alpha value is -1.30. The number of aromatic amines is 1. The number of hydrogen-bond acceptors (Lipinski definition) is 4. The lowest BCUT2D eigenvalue weighted by atomic mass is 10.4. The third kappa shape index (κ3) is 1.90. The van der Waals surface area contributed by atoms with E-state index in [9.17, 15) is 4.79 Å². The normalized spacial score (nSPS) is 11.1. The molecule has 0 fully saturated rings. The average molecular weight is 224 g/mol. The van der Waals surface area contributed by atoms with Gasteiger partial charge in [0, 0.05) is 12.7 Å². The number of H-pyrrole nitrogens is 1. The second-order valence-corrected chi connectivity index (χ2v) is 4.00. The van der Waals surface area contributed by atoms with Crippen LogP contribution in [-0.2, 0) is 6.54 Å². The molecular weight excluding hydrogens is 212 g/mol. The number of aryl methyl sites for hydroxylation is 1. The molecule has 2 rings (SSSR count). The van der Waals surface area contributed by atoms with E-state index >= 15 is 0 Å². The van der Waals surface area contributed by atoms with Crippen LogP contribution in [0.5, 0.6) is 0 Å². The molecule has 2 aromatic rings. The third-order valence-electron chi connectivity index (χ3n) is 2.06. The lowest BCUT2D eigenvalue weighted by Crippen LogP contribution is -2.07. The highest BCUT2D eigenvalue weighted by atomic mass is 32.2. The molecular formula is C9H12N4OS. The molecule has 0 amide bonds. The third-order valence-corrected chi connectivity index (χ3v) is 2.64. The fourth-order valence-corrected chi connectivity index (χ4v) is 1.76. The zero-order valence-electron chi connectivity index (χ0n) is 8.65. The SMILES string of the molecule is CCCn1cc2c(=O)[nH]c(SC)nc2n1. The van der Waals surface area contributed by atoms with Crippen LogP contribution in [-0.4, -0.2) is 26.0 Å². The van der Waals surface area contributed by atoms with E-state index in [0.29, 0.717) is 16.2 Å². The van der Waals surface area contributed by atoms with Gasteiger partial charge in [-0.05, 0) is 12.7 Å². The van der Waals surface area contributed by atoms with E-state index in [0.717, 1.165) is 13.0 Å². The molecule has 80 valence electrons. The summed E-state index contributed by atoms with van der Waals surface area (Å²) in [6.45, 7) is 2.88. The van der Waals surface area contributed by atoms with E-state index in [1.807, 2.05) is 6.26 Å². The molecule has 0 unspecified atom stereocenters. The molecule has 0 radical (unpaired) electrons. The zero-order valence-corrected chi connectivity index (χ0v) is 9.47. The number of nitrogens with one attached hydrogen (secondary N) is 1. The molecule has 0 saturated carbocycles. The quantitative estimate of drug-likeness (QED) is 0.629. The van der Waals surface area contributed by atoms with Gasteiger partial charge in [-0.25, -0.2) is 4.98 Å². The molecule has 0 saturated heterocycles. The first kappa shape index (κ1) is 10.2. The first-order valence-corrected chi connectivity index (χ1v) is 5.98. The number of rotatable bonds is 3. The van der Waals surface area contributed by atoms with Crippen LogP contribution in [0.3, 0.4) is 0 Å². The van der Waals surface area contributed by atoms with Crippen molar-refractivity contribution in [3.05, 3.63) is 16.6 Å². The minimum Gasteiger partial charge on any atom is -0.301 e. The Labute approximate surface area is 90.9 Å². The Morgan fingerprint density at radius 2 is 2.40 bits per heavy atom. The van der Waals surface area contributed by atoms with Gasteiger partial charge in [-0.3, -0.25) is 9.48 Å². The second-order valence-electron chi connectivity index (χ2n) is 3.20. The highest BCUT2D eigenvalue weighted by molar-refractivity contribution is 7.98. The van der Waals surface area contributed by atoms with Gasteiger partial charge in [0.15, 0.2) is 10.8 Å². The zero-order chi connectivity index (χ0) is 10.8. The predicted molar refractivity (Wildman–Crippen MR) is 60.2 cm³/mol. The van der Waals surface area contributed by atoms with Gasteiger partial charge in [0.25, 0.3) is 5.56 Å². The van der Waals surface area contributed by atoms with Gasteiger partial charge in [-0.2, -0.15) is 5.10 Å². The summed E-state index contributed by atoms with van der Waals surface area (Å²) in [6.07, 6.45) is 4.60. The molecule has 0 atom stereocenters. The van der Waals surface area contributed by atoms with Gasteiger partial charge in [0.2, 0.25) is 0 Å². The predicted octanol–water partition coefficient (Wildman–Crippen LogP) is 1.25. The maximum Gasteiger partial charge on any atom is 0.262 e. The first-order valence-electron chi connectivity index (χ1n) is 4.76. The Kier molecular flexibility index (Phi) is 2.77. The fourth-order valence-electron chi connectivity index (χ4n) is 1.38. The van der Waals surface area contributed by atoms with E-state index < -0.39 is 0 Å². The monoisotopic (exact) mass is 224 g/mol. The van der Waals surface area contributed by atoms with Crippen molar-refractivity contribution in [1.29, 1.82) is 0 Å². The summed E-state index contributed by atoms with van der Waals surface area (Å²) in [5.41, 5.74) is 0.406. The molecule has 0 bridgehead atoms. The van der Waals surface area contributed by atoms with E-state index in [1.54, 1.807) is 10.9 Å². The topological polar surface area (TPSA) is 63.6 Å². The van der Waals surface area contributed by atoms with Crippen molar-refractivity contribution in [1.82, 2.24) is 19.7 Å². The van der Waals surface area contributed by atoms with Crippen molar-refractivity contribution in [2.24, 2.45) is 0 Å². The van der Waals surface area contributed by atoms with Crippen molar-refractivity contribution >= 4 is 22.8 Å². The number of thioether (sulfide) groups is 1. The van der Waals surface area contributed by atoms with Gasteiger partial charge >= 0.3 is 0 Å². The summed E-state index contributed by atoms with van der Waals surface area (Å²) in [7, 11) is 0. The average Bonchev–Trinajstić information content (AvgIpc) is 2.61. The number of fused-ring (bicyclic) bond motifs is 1. The molecule has 6 heteroatoms. The molecule has 0 aliphatic rings. The summed E-state index contributed by atoms with van der Waals surface area (Å²) in [5, 5.41) is 5.41. The van der Waals surface area contributed by atoms with Crippen LogP contribution in [0.15, 0.2) is 16.1 Å². The number of hydrogen-bond donors (Lipinski definition) is 1. The van der Waals surface area contributed by atoms with Crippen LogP contribution in [0.2, 0.25) is 0 Å². The van der Waals surface area contributed by atoms with Gasteiger partial charge in [0.1, 0.15) is 5.39 Å². The molecule has 15 heavy (non-hydrogen) atoms. The highest BCUT2D eigenvalue weighted by Crippen LogP contribution is 2.10. The van der Waals surface area contributed by atoms with Crippen molar-refractivity contribution < 1.29 is 0 Å². The van der Waals surface area contributed by atoms with E-state index in [4.69, 9.17) is 0 Å². The fraction of sp³-hybridized carbons (Fsp3) is 0.444. The molecule has 0 spiro atoms. The summed E-state index contributed by atoms with van der Waals surface area (Å²) in [5.74, 6) is 0. The minimum atomic E-state index is -0.119. The summed E-state index contributed by atoms with van der Waals surface area (Å²) in [6, 6.07) is 0. The van der Waals surface area contributed by atoms with Crippen LogP contribution in [0.25, 0.3) is 11.0 Å². The van der Waals surface area contributed by atoms with Gasteiger partial charge < -0.3 is 4.98 Å². The second kappa shape index (κ2) is 4.06. The van der Waals surface area contributed by atoms with E-state index in [1.165, 1.54) is 11.8 Å².